The first-order chi connectivity index (χ1) is 8.06. The highest BCUT2D eigenvalue weighted by molar-refractivity contribution is 5.81. The maximum absolute atomic E-state index is 12.0. The Morgan fingerprint density at radius 1 is 1.41 bits per heavy atom. The van der Waals surface area contributed by atoms with Gasteiger partial charge in [0.1, 0.15) is 5.92 Å². The van der Waals surface area contributed by atoms with E-state index in [1.165, 1.54) is 25.7 Å². The quantitative estimate of drug-likeness (QED) is 0.736. The zero-order valence-corrected chi connectivity index (χ0v) is 11.3. The van der Waals surface area contributed by atoms with E-state index in [1.807, 2.05) is 20.9 Å². The lowest BCUT2D eigenvalue weighted by Crippen LogP contribution is -2.35. The molecule has 0 aliphatic heterocycles. The topological polar surface area (TPSA) is 44.1 Å². The molecule has 1 amide bonds. The maximum Gasteiger partial charge on any atom is 0.239 e. The Bertz CT molecular complexity index is 287. The number of hydrogen-bond acceptors (Lipinski definition) is 2. The van der Waals surface area contributed by atoms with E-state index < -0.39 is 5.92 Å². The maximum atomic E-state index is 12.0. The number of rotatable bonds is 5. The van der Waals surface area contributed by atoms with Crippen LogP contribution in [0.4, 0.5) is 0 Å². The van der Waals surface area contributed by atoms with Crippen LogP contribution in [0.2, 0.25) is 0 Å². The largest absolute Gasteiger partial charge is 0.345 e. The summed E-state index contributed by atoms with van der Waals surface area (Å²) < 4.78 is 0. The first kappa shape index (κ1) is 14.0. The Balaban J connectivity index is 2.38. The highest BCUT2D eigenvalue weighted by atomic mass is 16.2. The first-order valence-corrected chi connectivity index (χ1v) is 6.70. The predicted octanol–water partition coefficient (Wildman–Crippen LogP) is 2.82. The molecule has 0 aromatic heterocycles. The molecule has 1 rings (SSSR count). The zero-order valence-electron chi connectivity index (χ0n) is 11.3. The van der Waals surface area contributed by atoms with Gasteiger partial charge in [-0.2, -0.15) is 5.26 Å². The molecule has 3 nitrogen and oxygen atoms in total. The van der Waals surface area contributed by atoms with Crippen LogP contribution in [-0.2, 0) is 4.79 Å². The second-order valence-corrected chi connectivity index (χ2v) is 5.55. The standard InChI is InChI=1S/C14H24N2O/c1-11(2)13(10-15)14(17)16(3)9-8-12-6-4-5-7-12/h11-13H,4-9H2,1-3H3. The summed E-state index contributed by atoms with van der Waals surface area (Å²) in [5.41, 5.74) is 0. The normalized spacial score (nSPS) is 18.1. The molecule has 1 atom stereocenters. The van der Waals surface area contributed by atoms with Gasteiger partial charge < -0.3 is 4.90 Å². The third-order valence-electron chi connectivity index (χ3n) is 3.80. The molecule has 17 heavy (non-hydrogen) atoms. The van der Waals surface area contributed by atoms with Crippen LogP contribution in [0.15, 0.2) is 0 Å². The molecule has 0 aromatic carbocycles. The predicted molar refractivity (Wildman–Crippen MR) is 68.2 cm³/mol. The van der Waals surface area contributed by atoms with Crippen molar-refractivity contribution in [2.24, 2.45) is 17.8 Å². The second kappa shape index (κ2) is 6.64. The molecule has 1 aliphatic carbocycles. The molecule has 0 bridgehead atoms. The number of amides is 1. The van der Waals surface area contributed by atoms with Crippen LogP contribution in [0.5, 0.6) is 0 Å². The smallest absolute Gasteiger partial charge is 0.239 e. The van der Waals surface area contributed by atoms with Gasteiger partial charge in [-0.3, -0.25) is 4.79 Å². The van der Waals surface area contributed by atoms with Crippen LogP contribution in [0.1, 0.15) is 46.0 Å². The number of hydrogen-bond donors (Lipinski definition) is 0. The summed E-state index contributed by atoms with van der Waals surface area (Å²) in [5, 5.41) is 9.00. The second-order valence-electron chi connectivity index (χ2n) is 5.55. The van der Waals surface area contributed by atoms with Gasteiger partial charge >= 0.3 is 0 Å². The lowest BCUT2D eigenvalue weighted by Gasteiger charge is -2.23. The molecule has 1 unspecified atom stereocenters. The average Bonchev–Trinajstić information content (AvgIpc) is 2.78. The number of nitrogens with zero attached hydrogens (tertiary/aromatic N) is 2. The van der Waals surface area contributed by atoms with Crippen molar-refractivity contribution >= 4 is 5.91 Å². The third kappa shape index (κ3) is 4.03. The summed E-state index contributed by atoms with van der Waals surface area (Å²) in [7, 11) is 1.82. The van der Waals surface area contributed by atoms with Crippen LogP contribution < -0.4 is 0 Å². The van der Waals surface area contributed by atoms with Gasteiger partial charge in [0, 0.05) is 13.6 Å². The van der Waals surface area contributed by atoms with Crippen molar-refractivity contribution in [3.8, 4) is 6.07 Å². The first-order valence-electron chi connectivity index (χ1n) is 6.70. The van der Waals surface area contributed by atoms with E-state index in [9.17, 15) is 4.79 Å². The minimum absolute atomic E-state index is 0.0134. The van der Waals surface area contributed by atoms with Crippen molar-refractivity contribution in [3.05, 3.63) is 0 Å². The van der Waals surface area contributed by atoms with Crippen molar-refractivity contribution in [3.63, 3.8) is 0 Å². The van der Waals surface area contributed by atoms with Crippen LogP contribution in [-0.4, -0.2) is 24.4 Å². The van der Waals surface area contributed by atoms with Crippen LogP contribution in [0.25, 0.3) is 0 Å². The molecule has 1 fully saturated rings. The van der Waals surface area contributed by atoms with E-state index in [0.29, 0.717) is 0 Å². The number of nitriles is 1. The molecule has 1 saturated carbocycles. The van der Waals surface area contributed by atoms with Gasteiger partial charge in [-0.15, -0.1) is 0 Å². The highest BCUT2D eigenvalue weighted by Gasteiger charge is 2.25. The van der Waals surface area contributed by atoms with E-state index in [0.717, 1.165) is 18.9 Å². The van der Waals surface area contributed by atoms with Gasteiger partial charge in [0.05, 0.1) is 6.07 Å². The van der Waals surface area contributed by atoms with Gasteiger partial charge in [0.2, 0.25) is 5.91 Å². The minimum Gasteiger partial charge on any atom is -0.345 e. The molecule has 0 spiro atoms. The lowest BCUT2D eigenvalue weighted by molar-refractivity contribution is -0.133. The SMILES string of the molecule is CC(C)C(C#N)C(=O)N(C)CCC1CCCC1. The van der Waals surface area contributed by atoms with Crippen molar-refractivity contribution in [1.82, 2.24) is 4.90 Å². The minimum atomic E-state index is -0.483. The fourth-order valence-corrected chi connectivity index (χ4v) is 2.51. The Labute approximate surface area is 105 Å². The highest BCUT2D eigenvalue weighted by Crippen LogP contribution is 2.27. The zero-order chi connectivity index (χ0) is 12.8. The fraction of sp³-hybridized carbons (Fsp3) is 0.857. The summed E-state index contributed by atoms with van der Waals surface area (Å²) in [5.74, 6) is 0.398. The summed E-state index contributed by atoms with van der Waals surface area (Å²) in [6.45, 7) is 4.65. The van der Waals surface area contributed by atoms with Crippen molar-refractivity contribution < 1.29 is 4.79 Å². The molecule has 0 aromatic rings. The van der Waals surface area contributed by atoms with E-state index in [2.05, 4.69) is 6.07 Å². The van der Waals surface area contributed by atoms with E-state index >= 15 is 0 Å². The van der Waals surface area contributed by atoms with Crippen molar-refractivity contribution in [1.29, 1.82) is 5.26 Å². The molecule has 3 heteroatoms. The van der Waals surface area contributed by atoms with Gasteiger partial charge in [0.25, 0.3) is 0 Å². The Morgan fingerprint density at radius 2 is 2.00 bits per heavy atom. The third-order valence-corrected chi connectivity index (χ3v) is 3.80. The van der Waals surface area contributed by atoms with E-state index in [1.54, 1.807) is 4.90 Å². The molecule has 0 radical (unpaired) electrons. The molecular weight excluding hydrogens is 212 g/mol. The van der Waals surface area contributed by atoms with E-state index in [-0.39, 0.29) is 11.8 Å². The average molecular weight is 236 g/mol. The lowest BCUT2D eigenvalue weighted by atomic mass is 9.95. The van der Waals surface area contributed by atoms with Gasteiger partial charge in [-0.05, 0) is 18.3 Å². The monoisotopic (exact) mass is 236 g/mol. The molecule has 0 saturated heterocycles. The Kier molecular flexibility index (Phi) is 5.47. The molecule has 0 N–H and O–H groups in total. The molecule has 96 valence electrons. The number of carbonyl (C=O) groups excluding carboxylic acids is 1. The summed E-state index contributed by atoms with van der Waals surface area (Å²) >= 11 is 0. The van der Waals surface area contributed by atoms with Gasteiger partial charge in [0.15, 0.2) is 0 Å². The summed E-state index contributed by atoms with van der Waals surface area (Å²) in [6, 6.07) is 2.12. The van der Waals surface area contributed by atoms with Crippen LogP contribution >= 0.6 is 0 Å². The van der Waals surface area contributed by atoms with Crippen LogP contribution in [0.3, 0.4) is 0 Å². The van der Waals surface area contributed by atoms with Gasteiger partial charge in [-0.25, -0.2) is 0 Å². The Hall–Kier alpha value is -1.04. The molecule has 0 heterocycles. The fourth-order valence-electron chi connectivity index (χ4n) is 2.51. The van der Waals surface area contributed by atoms with E-state index in [4.69, 9.17) is 5.26 Å². The molecular formula is C14H24N2O. The van der Waals surface area contributed by atoms with Gasteiger partial charge in [-0.1, -0.05) is 39.5 Å². The van der Waals surface area contributed by atoms with Crippen LogP contribution in [0, 0.1) is 29.1 Å². The summed E-state index contributed by atoms with van der Waals surface area (Å²) in [6.07, 6.45) is 6.41. The van der Waals surface area contributed by atoms with Crippen molar-refractivity contribution in [2.75, 3.05) is 13.6 Å². The summed E-state index contributed by atoms with van der Waals surface area (Å²) in [4.78, 5) is 13.8. The van der Waals surface area contributed by atoms with Crippen molar-refractivity contribution in [2.45, 2.75) is 46.0 Å². The molecule has 1 aliphatic rings. The Morgan fingerprint density at radius 3 is 2.47 bits per heavy atom. The number of carbonyl (C=O) groups is 1.